The zero-order chi connectivity index (χ0) is 22.3. The first-order chi connectivity index (χ1) is 15.7. The number of para-hydroxylation sites is 2. The normalized spacial score (nSPS) is 14.1. The topological polar surface area (TPSA) is 54.5 Å². The van der Waals surface area contributed by atoms with Gasteiger partial charge in [0.15, 0.2) is 0 Å². The minimum atomic E-state index is -0.0461. The Labute approximate surface area is 194 Å². The van der Waals surface area contributed by atoms with Gasteiger partial charge >= 0.3 is 0 Å². The van der Waals surface area contributed by atoms with Gasteiger partial charge in [-0.2, -0.15) is 0 Å². The van der Waals surface area contributed by atoms with E-state index in [1.165, 1.54) is 37.0 Å². The van der Waals surface area contributed by atoms with Gasteiger partial charge in [-0.25, -0.2) is 4.98 Å². The monoisotopic (exact) mass is 449 g/mol. The molecule has 1 saturated carbocycles. The fourth-order valence-corrected chi connectivity index (χ4v) is 5.34. The maximum atomic E-state index is 12.9. The predicted octanol–water partition coefficient (Wildman–Crippen LogP) is 5.91. The summed E-state index contributed by atoms with van der Waals surface area (Å²) >= 11 is 1.42. The van der Waals surface area contributed by atoms with Gasteiger partial charge in [-0.05, 0) is 50.6 Å². The Morgan fingerprint density at radius 3 is 2.59 bits per heavy atom. The van der Waals surface area contributed by atoms with Crippen molar-refractivity contribution in [3.63, 3.8) is 0 Å². The number of carbonyl (C=O) groups excluding carboxylic acids is 1. The van der Waals surface area contributed by atoms with Gasteiger partial charge < -0.3 is 10.1 Å². The van der Waals surface area contributed by atoms with Crippen LogP contribution in [0.2, 0.25) is 0 Å². The lowest BCUT2D eigenvalue weighted by molar-refractivity contribution is 0.0947. The van der Waals surface area contributed by atoms with Gasteiger partial charge in [-0.15, -0.1) is 11.3 Å². The SMILES string of the molecule is CCN(CCNC(=O)c1sc(-c2ccccc2Oc2ccccc2)nc1C)C1CCCC1. The molecular formula is C26H31N3O2S. The van der Waals surface area contributed by atoms with Gasteiger partial charge in [0.1, 0.15) is 21.4 Å². The summed E-state index contributed by atoms with van der Waals surface area (Å²) in [5.74, 6) is 1.46. The molecular weight excluding hydrogens is 418 g/mol. The van der Waals surface area contributed by atoms with E-state index in [0.717, 1.165) is 40.9 Å². The number of carbonyl (C=O) groups is 1. The van der Waals surface area contributed by atoms with Gasteiger partial charge in [-0.1, -0.05) is 50.1 Å². The molecule has 32 heavy (non-hydrogen) atoms. The Balaban J connectivity index is 1.43. The van der Waals surface area contributed by atoms with E-state index in [-0.39, 0.29) is 5.91 Å². The first-order valence-corrected chi connectivity index (χ1v) is 12.3. The van der Waals surface area contributed by atoms with Crippen molar-refractivity contribution in [2.24, 2.45) is 0 Å². The molecule has 1 aliphatic carbocycles. The van der Waals surface area contributed by atoms with Crippen LogP contribution in [0.25, 0.3) is 10.6 Å². The van der Waals surface area contributed by atoms with E-state index in [4.69, 9.17) is 9.72 Å². The molecule has 3 aromatic rings. The third-order valence-corrected chi connectivity index (χ3v) is 7.21. The molecule has 1 aromatic heterocycles. The number of aryl methyl sites for hydroxylation is 1. The number of benzene rings is 2. The predicted molar refractivity (Wildman–Crippen MR) is 131 cm³/mol. The standard InChI is InChI=1S/C26H31N3O2S/c1-3-29(20-11-7-8-12-20)18-17-27-25(30)24-19(2)28-26(32-24)22-15-9-10-16-23(22)31-21-13-5-4-6-14-21/h4-6,9-10,13-16,20H,3,7-8,11-12,17-18H2,1-2H3,(H,27,30). The van der Waals surface area contributed by atoms with Crippen molar-refractivity contribution in [1.29, 1.82) is 0 Å². The van der Waals surface area contributed by atoms with Crippen molar-refractivity contribution in [3.05, 3.63) is 65.2 Å². The summed E-state index contributed by atoms with van der Waals surface area (Å²) < 4.78 is 6.09. The first-order valence-electron chi connectivity index (χ1n) is 11.5. The van der Waals surface area contributed by atoms with E-state index < -0.39 is 0 Å². The summed E-state index contributed by atoms with van der Waals surface area (Å²) in [6, 6.07) is 18.2. The van der Waals surface area contributed by atoms with E-state index in [0.29, 0.717) is 17.5 Å². The van der Waals surface area contributed by atoms with Crippen LogP contribution in [0.4, 0.5) is 0 Å². The number of ether oxygens (including phenoxy) is 1. The summed E-state index contributed by atoms with van der Waals surface area (Å²) in [4.78, 5) is 20.7. The number of aromatic nitrogens is 1. The third-order valence-electron chi connectivity index (χ3n) is 6.02. The first kappa shape index (κ1) is 22.5. The molecule has 6 heteroatoms. The van der Waals surface area contributed by atoms with Crippen molar-refractivity contribution in [3.8, 4) is 22.1 Å². The Bertz CT molecular complexity index is 1030. The van der Waals surface area contributed by atoms with Gasteiger partial charge in [0.2, 0.25) is 0 Å². The number of hydrogen-bond acceptors (Lipinski definition) is 5. The second kappa shape index (κ2) is 10.7. The van der Waals surface area contributed by atoms with Gasteiger partial charge in [0.05, 0.1) is 11.3 Å². The molecule has 2 aromatic carbocycles. The average Bonchev–Trinajstić information content (AvgIpc) is 3.48. The molecule has 1 aliphatic rings. The van der Waals surface area contributed by atoms with Crippen molar-refractivity contribution in [2.45, 2.75) is 45.6 Å². The number of nitrogens with one attached hydrogen (secondary N) is 1. The molecule has 0 radical (unpaired) electrons. The number of amides is 1. The Hall–Kier alpha value is -2.70. The molecule has 4 rings (SSSR count). The van der Waals surface area contributed by atoms with E-state index in [1.54, 1.807) is 0 Å². The third kappa shape index (κ3) is 5.37. The van der Waals surface area contributed by atoms with Crippen molar-refractivity contribution in [2.75, 3.05) is 19.6 Å². The Kier molecular flexibility index (Phi) is 7.55. The average molecular weight is 450 g/mol. The number of nitrogens with zero attached hydrogens (tertiary/aromatic N) is 2. The highest BCUT2D eigenvalue weighted by Gasteiger charge is 2.22. The molecule has 0 spiro atoms. The van der Waals surface area contributed by atoms with Crippen LogP contribution in [0, 0.1) is 6.92 Å². The fourth-order valence-electron chi connectivity index (χ4n) is 4.33. The van der Waals surface area contributed by atoms with Crippen molar-refractivity contribution >= 4 is 17.2 Å². The van der Waals surface area contributed by atoms with Crippen LogP contribution in [0.3, 0.4) is 0 Å². The van der Waals surface area contributed by atoms with Gasteiger partial charge in [0.25, 0.3) is 5.91 Å². The largest absolute Gasteiger partial charge is 0.457 e. The number of likely N-dealkylation sites (N-methyl/N-ethyl adjacent to an activating group) is 1. The van der Waals surface area contributed by atoms with Crippen LogP contribution in [0.1, 0.15) is 48.0 Å². The zero-order valence-corrected chi connectivity index (χ0v) is 19.7. The highest BCUT2D eigenvalue weighted by Crippen LogP contribution is 2.36. The fraction of sp³-hybridized carbons (Fsp3) is 0.385. The van der Waals surface area contributed by atoms with Crippen LogP contribution in [0.5, 0.6) is 11.5 Å². The molecule has 5 nitrogen and oxygen atoms in total. The molecule has 0 bridgehead atoms. The highest BCUT2D eigenvalue weighted by atomic mass is 32.1. The molecule has 0 aliphatic heterocycles. The van der Waals surface area contributed by atoms with Crippen LogP contribution < -0.4 is 10.1 Å². The maximum Gasteiger partial charge on any atom is 0.263 e. The summed E-state index contributed by atoms with van der Waals surface area (Å²) in [6.07, 6.45) is 5.21. The quantitative estimate of drug-likeness (QED) is 0.441. The number of hydrogen-bond donors (Lipinski definition) is 1. The van der Waals surface area contributed by atoms with Crippen molar-refractivity contribution < 1.29 is 9.53 Å². The van der Waals surface area contributed by atoms with Crippen molar-refractivity contribution in [1.82, 2.24) is 15.2 Å². The lowest BCUT2D eigenvalue weighted by atomic mass is 10.2. The molecule has 0 unspecified atom stereocenters. The molecule has 1 heterocycles. The van der Waals surface area contributed by atoms with E-state index in [2.05, 4.69) is 17.1 Å². The van der Waals surface area contributed by atoms with Crippen LogP contribution in [-0.4, -0.2) is 41.5 Å². The minimum absolute atomic E-state index is 0.0461. The van der Waals surface area contributed by atoms with E-state index >= 15 is 0 Å². The van der Waals surface area contributed by atoms with Gasteiger partial charge in [-0.3, -0.25) is 9.69 Å². The molecule has 1 fully saturated rings. The number of rotatable bonds is 9. The highest BCUT2D eigenvalue weighted by molar-refractivity contribution is 7.17. The summed E-state index contributed by atoms with van der Waals surface area (Å²) in [7, 11) is 0. The Morgan fingerprint density at radius 2 is 1.84 bits per heavy atom. The second-order valence-electron chi connectivity index (χ2n) is 8.17. The molecule has 0 saturated heterocycles. The number of thiazole rings is 1. The van der Waals surface area contributed by atoms with Gasteiger partial charge in [0, 0.05) is 19.1 Å². The second-order valence-corrected chi connectivity index (χ2v) is 9.17. The maximum absolute atomic E-state index is 12.9. The summed E-state index contributed by atoms with van der Waals surface area (Å²) in [5, 5.41) is 3.90. The van der Waals surface area contributed by atoms with E-state index in [9.17, 15) is 4.79 Å². The van der Waals surface area contributed by atoms with Crippen LogP contribution in [-0.2, 0) is 0 Å². The van der Waals surface area contributed by atoms with Crippen LogP contribution >= 0.6 is 11.3 Å². The molecule has 0 atom stereocenters. The minimum Gasteiger partial charge on any atom is -0.457 e. The van der Waals surface area contributed by atoms with Crippen LogP contribution in [0.15, 0.2) is 54.6 Å². The van der Waals surface area contributed by atoms with E-state index in [1.807, 2.05) is 61.5 Å². The molecule has 168 valence electrons. The summed E-state index contributed by atoms with van der Waals surface area (Å²) in [6.45, 7) is 6.68. The smallest absolute Gasteiger partial charge is 0.263 e. The molecule has 1 N–H and O–H groups in total. The summed E-state index contributed by atoms with van der Waals surface area (Å²) in [5.41, 5.74) is 1.64. The lowest BCUT2D eigenvalue weighted by Crippen LogP contribution is -2.39. The molecule has 1 amide bonds. The zero-order valence-electron chi connectivity index (χ0n) is 18.8. The lowest BCUT2D eigenvalue weighted by Gasteiger charge is -2.27. The Morgan fingerprint density at radius 1 is 1.12 bits per heavy atom.